The maximum absolute atomic E-state index is 12.4. The van der Waals surface area contributed by atoms with Crippen molar-refractivity contribution < 1.29 is 19.5 Å². The molecule has 1 fully saturated rings. The molecule has 0 heterocycles. The first-order valence-corrected chi connectivity index (χ1v) is 7.95. The molecule has 1 aliphatic carbocycles. The van der Waals surface area contributed by atoms with Crippen molar-refractivity contribution in [1.82, 2.24) is 0 Å². The standard InChI is InChI=1S/C17H22N2O4/c1-2-15(20)18-11-6-5-7-12(10-11)19-16(21)13-8-3-4-9-14(13)17(22)23/h5-7,10,13-14H,2-4,8-9H2,1H3,(H,18,20)(H,19,21)(H,22,23). The van der Waals surface area contributed by atoms with Gasteiger partial charge in [-0.05, 0) is 31.0 Å². The zero-order valence-corrected chi connectivity index (χ0v) is 13.2. The molecule has 0 aromatic heterocycles. The second-order valence-electron chi connectivity index (χ2n) is 5.81. The molecular formula is C17H22N2O4. The summed E-state index contributed by atoms with van der Waals surface area (Å²) in [6.07, 6.45) is 3.22. The number of benzene rings is 1. The van der Waals surface area contributed by atoms with Crippen molar-refractivity contribution in [2.24, 2.45) is 11.8 Å². The van der Waals surface area contributed by atoms with Crippen LogP contribution in [-0.4, -0.2) is 22.9 Å². The van der Waals surface area contributed by atoms with Crippen LogP contribution in [0.1, 0.15) is 39.0 Å². The molecule has 2 amide bonds. The molecule has 1 aromatic rings. The van der Waals surface area contributed by atoms with Gasteiger partial charge in [-0.15, -0.1) is 0 Å². The fourth-order valence-electron chi connectivity index (χ4n) is 2.90. The molecule has 6 heteroatoms. The van der Waals surface area contributed by atoms with Crippen LogP contribution >= 0.6 is 0 Å². The van der Waals surface area contributed by atoms with Crippen LogP contribution in [0.5, 0.6) is 0 Å². The Kier molecular flexibility index (Phi) is 5.73. The van der Waals surface area contributed by atoms with Crippen molar-refractivity contribution in [3.63, 3.8) is 0 Å². The van der Waals surface area contributed by atoms with E-state index in [1.165, 1.54) is 0 Å². The van der Waals surface area contributed by atoms with Crippen molar-refractivity contribution in [3.8, 4) is 0 Å². The minimum absolute atomic E-state index is 0.105. The molecule has 0 aliphatic heterocycles. The van der Waals surface area contributed by atoms with Gasteiger partial charge in [-0.1, -0.05) is 25.8 Å². The van der Waals surface area contributed by atoms with Gasteiger partial charge < -0.3 is 15.7 Å². The minimum atomic E-state index is -0.909. The number of hydrogen-bond donors (Lipinski definition) is 3. The van der Waals surface area contributed by atoms with Gasteiger partial charge in [0.25, 0.3) is 0 Å². The Morgan fingerprint density at radius 2 is 1.70 bits per heavy atom. The van der Waals surface area contributed by atoms with Crippen LogP contribution in [0.25, 0.3) is 0 Å². The fraction of sp³-hybridized carbons (Fsp3) is 0.471. The number of nitrogens with one attached hydrogen (secondary N) is 2. The molecule has 1 saturated carbocycles. The third-order valence-corrected chi connectivity index (χ3v) is 4.15. The van der Waals surface area contributed by atoms with Crippen molar-refractivity contribution in [2.45, 2.75) is 39.0 Å². The van der Waals surface area contributed by atoms with Crippen molar-refractivity contribution in [1.29, 1.82) is 0 Å². The number of carboxylic acid groups (broad SMARTS) is 1. The summed E-state index contributed by atoms with van der Waals surface area (Å²) in [7, 11) is 0. The molecule has 124 valence electrons. The maximum Gasteiger partial charge on any atom is 0.307 e. The number of carbonyl (C=O) groups is 3. The number of anilines is 2. The lowest BCUT2D eigenvalue weighted by Crippen LogP contribution is -2.36. The lowest BCUT2D eigenvalue weighted by molar-refractivity contribution is -0.147. The Balaban J connectivity index is 2.05. The van der Waals surface area contributed by atoms with Crippen molar-refractivity contribution in [3.05, 3.63) is 24.3 Å². The van der Waals surface area contributed by atoms with Gasteiger partial charge in [-0.25, -0.2) is 0 Å². The van der Waals surface area contributed by atoms with Gasteiger partial charge in [0.1, 0.15) is 0 Å². The Morgan fingerprint density at radius 3 is 2.30 bits per heavy atom. The molecule has 3 N–H and O–H groups in total. The molecule has 6 nitrogen and oxygen atoms in total. The molecule has 23 heavy (non-hydrogen) atoms. The average Bonchev–Trinajstić information content (AvgIpc) is 2.55. The highest BCUT2D eigenvalue weighted by atomic mass is 16.4. The largest absolute Gasteiger partial charge is 0.481 e. The smallest absolute Gasteiger partial charge is 0.307 e. The average molecular weight is 318 g/mol. The molecular weight excluding hydrogens is 296 g/mol. The maximum atomic E-state index is 12.4. The summed E-state index contributed by atoms with van der Waals surface area (Å²) >= 11 is 0. The van der Waals surface area contributed by atoms with Crippen LogP contribution in [0.15, 0.2) is 24.3 Å². The number of hydrogen-bond acceptors (Lipinski definition) is 3. The Bertz CT molecular complexity index is 600. The van der Waals surface area contributed by atoms with E-state index in [1.807, 2.05) is 0 Å². The third kappa shape index (κ3) is 4.55. The summed E-state index contributed by atoms with van der Waals surface area (Å²) in [4.78, 5) is 35.1. The number of aliphatic carboxylic acids is 1. The van der Waals surface area contributed by atoms with Gasteiger partial charge in [-0.3, -0.25) is 14.4 Å². The van der Waals surface area contributed by atoms with Crippen LogP contribution in [0.2, 0.25) is 0 Å². The van der Waals surface area contributed by atoms with Gasteiger partial charge in [0.2, 0.25) is 11.8 Å². The van der Waals surface area contributed by atoms with E-state index in [0.29, 0.717) is 30.6 Å². The summed E-state index contributed by atoms with van der Waals surface area (Å²) in [6, 6.07) is 6.86. The monoisotopic (exact) mass is 318 g/mol. The number of rotatable bonds is 5. The SMILES string of the molecule is CCC(=O)Nc1cccc(NC(=O)C2CCCCC2C(=O)O)c1. The van der Waals surface area contributed by atoms with E-state index in [0.717, 1.165) is 12.8 Å². The van der Waals surface area contributed by atoms with Crippen molar-refractivity contribution in [2.75, 3.05) is 10.6 Å². The first kappa shape index (κ1) is 17.0. The summed E-state index contributed by atoms with van der Waals surface area (Å²) < 4.78 is 0. The molecule has 0 saturated heterocycles. The quantitative estimate of drug-likeness (QED) is 0.778. The molecule has 0 spiro atoms. The Labute approximate surface area is 135 Å². The van der Waals surface area contributed by atoms with Crippen LogP contribution in [0, 0.1) is 11.8 Å². The zero-order chi connectivity index (χ0) is 16.8. The predicted octanol–water partition coefficient (Wildman–Crippen LogP) is 2.86. The second-order valence-corrected chi connectivity index (χ2v) is 5.81. The van der Waals surface area contributed by atoms with Gasteiger partial charge in [0, 0.05) is 17.8 Å². The number of carbonyl (C=O) groups excluding carboxylic acids is 2. The highest BCUT2D eigenvalue weighted by Gasteiger charge is 2.35. The number of amides is 2. The van der Waals surface area contributed by atoms with Crippen LogP contribution in [0.4, 0.5) is 11.4 Å². The van der Waals surface area contributed by atoms with E-state index in [1.54, 1.807) is 31.2 Å². The summed E-state index contributed by atoms with van der Waals surface area (Å²) in [5, 5.41) is 14.8. The van der Waals surface area contributed by atoms with E-state index < -0.39 is 17.8 Å². The molecule has 2 unspecified atom stereocenters. The van der Waals surface area contributed by atoms with E-state index >= 15 is 0 Å². The summed E-state index contributed by atoms with van der Waals surface area (Å²) in [5.74, 6) is -2.40. The normalized spacial score (nSPS) is 20.6. The predicted molar refractivity (Wildman–Crippen MR) is 87.1 cm³/mol. The molecule has 0 radical (unpaired) electrons. The van der Waals surface area contributed by atoms with Gasteiger partial charge >= 0.3 is 5.97 Å². The second kappa shape index (κ2) is 7.76. The van der Waals surface area contributed by atoms with E-state index in [-0.39, 0.29) is 11.8 Å². The van der Waals surface area contributed by atoms with Crippen LogP contribution in [0.3, 0.4) is 0 Å². The molecule has 1 aromatic carbocycles. The molecule has 2 atom stereocenters. The Hall–Kier alpha value is -2.37. The molecule has 1 aliphatic rings. The zero-order valence-electron chi connectivity index (χ0n) is 13.2. The topological polar surface area (TPSA) is 95.5 Å². The van der Waals surface area contributed by atoms with Crippen molar-refractivity contribution >= 4 is 29.2 Å². The number of carboxylic acids is 1. The van der Waals surface area contributed by atoms with E-state index in [9.17, 15) is 19.5 Å². The van der Waals surface area contributed by atoms with Gasteiger partial charge in [0.15, 0.2) is 0 Å². The highest BCUT2D eigenvalue weighted by Crippen LogP contribution is 2.31. The minimum Gasteiger partial charge on any atom is -0.481 e. The van der Waals surface area contributed by atoms with Gasteiger partial charge in [-0.2, -0.15) is 0 Å². The summed E-state index contributed by atoms with van der Waals surface area (Å²) in [5.41, 5.74) is 1.16. The highest BCUT2D eigenvalue weighted by molar-refractivity contribution is 5.96. The fourth-order valence-corrected chi connectivity index (χ4v) is 2.90. The first-order chi connectivity index (χ1) is 11.0. The van der Waals surface area contributed by atoms with E-state index in [2.05, 4.69) is 10.6 Å². The van der Waals surface area contributed by atoms with Crippen LogP contribution in [-0.2, 0) is 14.4 Å². The Morgan fingerprint density at radius 1 is 1.09 bits per heavy atom. The van der Waals surface area contributed by atoms with Gasteiger partial charge in [0.05, 0.1) is 11.8 Å². The molecule has 2 rings (SSSR count). The summed E-state index contributed by atoms with van der Waals surface area (Å²) in [6.45, 7) is 1.76. The van der Waals surface area contributed by atoms with E-state index in [4.69, 9.17) is 0 Å². The third-order valence-electron chi connectivity index (χ3n) is 4.15. The lowest BCUT2D eigenvalue weighted by Gasteiger charge is -2.27. The lowest BCUT2D eigenvalue weighted by atomic mass is 9.78. The molecule has 0 bridgehead atoms. The van der Waals surface area contributed by atoms with Crippen LogP contribution < -0.4 is 10.6 Å². The first-order valence-electron chi connectivity index (χ1n) is 7.95.